The maximum absolute atomic E-state index is 5.35. The van der Waals surface area contributed by atoms with Crippen LogP contribution in [-0.2, 0) is 4.74 Å². The van der Waals surface area contributed by atoms with Crippen LogP contribution in [0, 0.1) is 11.8 Å². The van der Waals surface area contributed by atoms with E-state index in [-0.39, 0.29) is 0 Å². The van der Waals surface area contributed by atoms with E-state index in [9.17, 15) is 0 Å². The van der Waals surface area contributed by atoms with Gasteiger partial charge in [0.1, 0.15) is 0 Å². The number of allylic oxidation sites excluding steroid dienone is 1. The summed E-state index contributed by atoms with van der Waals surface area (Å²) in [5, 5.41) is 0. The van der Waals surface area contributed by atoms with Crippen molar-refractivity contribution in [1.29, 1.82) is 0 Å². The molecule has 0 aliphatic carbocycles. The van der Waals surface area contributed by atoms with E-state index < -0.39 is 0 Å². The number of ether oxygens (including phenoxy) is 1. The molecule has 1 aliphatic heterocycles. The molecule has 0 radical (unpaired) electrons. The second-order valence-electron chi connectivity index (χ2n) is 3.23. The molecule has 1 heteroatoms. The third kappa shape index (κ3) is 1.40. The minimum Gasteiger partial charge on any atom is -0.376 e. The van der Waals surface area contributed by atoms with Gasteiger partial charge < -0.3 is 4.74 Å². The van der Waals surface area contributed by atoms with Crippen LogP contribution in [0.15, 0.2) is 11.6 Å². The lowest BCUT2D eigenvalue weighted by Crippen LogP contribution is -2.09. The van der Waals surface area contributed by atoms with Gasteiger partial charge >= 0.3 is 0 Å². The summed E-state index contributed by atoms with van der Waals surface area (Å²) in [7, 11) is 0. The van der Waals surface area contributed by atoms with Crippen LogP contribution in [0.4, 0.5) is 0 Å². The van der Waals surface area contributed by atoms with Crippen molar-refractivity contribution in [3.63, 3.8) is 0 Å². The molecular weight excluding hydrogens is 124 g/mol. The van der Waals surface area contributed by atoms with Gasteiger partial charge in [0.15, 0.2) is 0 Å². The standard InChI is InChI=1S/C9H16O/c1-4-8-5-10-6-9(8)7(2)3/h4,7,9H,5-6H2,1-3H3/b8-4-. The largest absolute Gasteiger partial charge is 0.376 e. The first-order valence-electron chi connectivity index (χ1n) is 3.98. The maximum atomic E-state index is 5.35. The Labute approximate surface area is 63.1 Å². The zero-order chi connectivity index (χ0) is 7.56. The Kier molecular flexibility index (Phi) is 2.50. The second kappa shape index (κ2) is 3.20. The van der Waals surface area contributed by atoms with Crippen LogP contribution >= 0.6 is 0 Å². The highest BCUT2D eigenvalue weighted by molar-refractivity contribution is 5.10. The summed E-state index contributed by atoms with van der Waals surface area (Å²) in [4.78, 5) is 0. The lowest BCUT2D eigenvalue weighted by Gasteiger charge is -2.13. The molecule has 1 rings (SSSR count). The van der Waals surface area contributed by atoms with Gasteiger partial charge in [-0.05, 0) is 18.4 Å². The van der Waals surface area contributed by atoms with E-state index in [1.54, 1.807) is 0 Å². The van der Waals surface area contributed by atoms with Crippen molar-refractivity contribution in [1.82, 2.24) is 0 Å². The Morgan fingerprint density at radius 2 is 2.30 bits per heavy atom. The average molecular weight is 140 g/mol. The molecule has 1 nitrogen and oxygen atoms in total. The zero-order valence-electron chi connectivity index (χ0n) is 7.05. The summed E-state index contributed by atoms with van der Waals surface area (Å²) in [5.74, 6) is 1.42. The third-order valence-electron chi connectivity index (χ3n) is 2.22. The van der Waals surface area contributed by atoms with Crippen molar-refractivity contribution in [3.8, 4) is 0 Å². The molecule has 1 heterocycles. The molecule has 1 unspecified atom stereocenters. The Morgan fingerprint density at radius 1 is 1.60 bits per heavy atom. The van der Waals surface area contributed by atoms with Crippen LogP contribution in [0.5, 0.6) is 0 Å². The van der Waals surface area contributed by atoms with Crippen LogP contribution in [0.1, 0.15) is 20.8 Å². The van der Waals surface area contributed by atoms with E-state index in [2.05, 4.69) is 26.8 Å². The molecule has 0 spiro atoms. The lowest BCUT2D eigenvalue weighted by atomic mass is 9.91. The number of hydrogen-bond donors (Lipinski definition) is 0. The summed E-state index contributed by atoms with van der Waals surface area (Å²) in [5.41, 5.74) is 1.48. The fraction of sp³-hybridized carbons (Fsp3) is 0.778. The quantitative estimate of drug-likeness (QED) is 0.507. The molecule has 1 saturated heterocycles. The third-order valence-corrected chi connectivity index (χ3v) is 2.22. The molecule has 58 valence electrons. The van der Waals surface area contributed by atoms with E-state index in [4.69, 9.17) is 4.74 Å². The number of rotatable bonds is 1. The molecule has 0 bridgehead atoms. The van der Waals surface area contributed by atoms with Gasteiger partial charge in [0.2, 0.25) is 0 Å². The minimum absolute atomic E-state index is 0.685. The Morgan fingerprint density at radius 3 is 2.70 bits per heavy atom. The zero-order valence-corrected chi connectivity index (χ0v) is 7.05. The summed E-state index contributed by atoms with van der Waals surface area (Å²) in [6, 6.07) is 0. The van der Waals surface area contributed by atoms with Crippen molar-refractivity contribution in [2.45, 2.75) is 20.8 Å². The summed E-state index contributed by atoms with van der Waals surface area (Å²) in [6.07, 6.45) is 2.19. The van der Waals surface area contributed by atoms with Crippen molar-refractivity contribution < 1.29 is 4.74 Å². The molecule has 0 aromatic carbocycles. The molecule has 1 aliphatic rings. The van der Waals surface area contributed by atoms with Crippen LogP contribution in [0.3, 0.4) is 0 Å². The fourth-order valence-corrected chi connectivity index (χ4v) is 1.44. The van der Waals surface area contributed by atoms with Gasteiger partial charge in [-0.15, -0.1) is 0 Å². The average Bonchev–Trinajstić information content (AvgIpc) is 2.33. The van der Waals surface area contributed by atoms with E-state index in [1.807, 2.05) is 0 Å². The van der Waals surface area contributed by atoms with Gasteiger partial charge in [0.05, 0.1) is 13.2 Å². The SMILES string of the molecule is C/C=C1/COCC1C(C)C. The van der Waals surface area contributed by atoms with Crippen molar-refractivity contribution in [3.05, 3.63) is 11.6 Å². The normalized spacial score (nSPS) is 30.4. The first-order valence-corrected chi connectivity index (χ1v) is 3.98. The van der Waals surface area contributed by atoms with Crippen LogP contribution in [0.2, 0.25) is 0 Å². The van der Waals surface area contributed by atoms with Crippen LogP contribution < -0.4 is 0 Å². The Bertz CT molecular complexity index is 136. The highest BCUT2D eigenvalue weighted by atomic mass is 16.5. The minimum atomic E-state index is 0.685. The highest BCUT2D eigenvalue weighted by Crippen LogP contribution is 2.26. The fourth-order valence-electron chi connectivity index (χ4n) is 1.44. The van der Waals surface area contributed by atoms with Crippen molar-refractivity contribution in [2.75, 3.05) is 13.2 Å². The molecule has 0 aromatic heterocycles. The van der Waals surface area contributed by atoms with Gasteiger partial charge in [-0.2, -0.15) is 0 Å². The lowest BCUT2D eigenvalue weighted by molar-refractivity contribution is 0.177. The van der Waals surface area contributed by atoms with E-state index in [0.29, 0.717) is 5.92 Å². The Balaban J connectivity index is 2.59. The van der Waals surface area contributed by atoms with Crippen LogP contribution in [0.25, 0.3) is 0 Å². The van der Waals surface area contributed by atoms with E-state index in [1.165, 1.54) is 5.57 Å². The molecule has 1 atom stereocenters. The van der Waals surface area contributed by atoms with Crippen molar-refractivity contribution in [2.24, 2.45) is 11.8 Å². The highest BCUT2D eigenvalue weighted by Gasteiger charge is 2.23. The maximum Gasteiger partial charge on any atom is 0.0680 e. The topological polar surface area (TPSA) is 9.23 Å². The molecule has 0 N–H and O–H groups in total. The Hall–Kier alpha value is -0.300. The molecule has 0 aromatic rings. The number of hydrogen-bond acceptors (Lipinski definition) is 1. The van der Waals surface area contributed by atoms with Gasteiger partial charge in [-0.25, -0.2) is 0 Å². The first kappa shape index (κ1) is 7.80. The molecule has 0 saturated carbocycles. The van der Waals surface area contributed by atoms with Gasteiger partial charge in [0.25, 0.3) is 0 Å². The van der Waals surface area contributed by atoms with Crippen molar-refractivity contribution >= 4 is 0 Å². The summed E-state index contributed by atoms with van der Waals surface area (Å²) in [6.45, 7) is 8.39. The predicted octanol–water partition coefficient (Wildman–Crippen LogP) is 2.24. The predicted molar refractivity (Wildman–Crippen MR) is 42.9 cm³/mol. The van der Waals surface area contributed by atoms with Gasteiger partial charge in [0, 0.05) is 5.92 Å². The monoisotopic (exact) mass is 140 g/mol. The smallest absolute Gasteiger partial charge is 0.0680 e. The molecular formula is C9H16O. The molecule has 1 fully saturated rings. The van der Waals surface area contributed by atoms with Crippen LogP contribution in [-0.4, -0.2) is 13.2 Å². The van der Waals surface area contributed by atoms with E-state index in [0.717, 1.165) is 19.1 Å². The molecule has 10 heavy (non-hydrogen) atoms. The second-order valence-corrected chi connectivity index (χ2v) is 3.23. The molecule has 0 amide bonds. The van der Waals surface area contributed by atoms with Gasteiger partial charge in [-0.1, -0.05) is 19.9 Å². The summed E-state index contributed by atoms with van der Waals surface area (Å²) >= 11 is 0. The first-order chi connectivity index (χ1) is 4.75. The van der Waals surface area contributed by atoms with Gasteiger partial charge in [-0.3, -0.25) is 0 Å². The summed E-state index contributed by atoms with van der Waals surface area (Å²) < 4.78 is 5.35. The van der Waals surface area contributed by atoms with E-state index >= 15 is 0 Å².